The van der Waals surface area contributed by atoms with Gasteiger partial charge in [-0.25, -0.2) is 4.79 Å². The van der Waals surface area contributed by atoms with Gasteiger partial charge in [-0.05, 0) is 45.4 Å². The first-order valence-corrected chi connectivity index (χ1v) is 6.11. The summed E-state index contributed by atoms with van der Waals surface area (Å²) in [6, 6.07) is 3.15. The number of anilines is 1. The lowest BCUT2D eigenvalue weighted by molar-refractivity contribution is -0.0163. The van der Waals surface area contributed by atoms with Crippen molar-refractivity contribution in [1.82, 2.24) is 0 Å². The predicted octanol–water partition coefficient (Wildman–Crippen LogP) is 2.47. The molecule has 0 saturated carbocycles. The maximum Gasteiger partial charge on any atom is 0.337 e. The van der Waals surface area contributed by atoms with Gasteiger partial charge in [-0.3, -0.25) is 0 Å². The van der Waals surface area contributed by atoms with Crippen LogP contribution in [0.1, 0.15) is 36.7 Å². The average Bonchev–Trinajstić information content (AvgIpc) is 2.27. The number of benzene rings is 1. The van der Waals surface area contributed by atoms with Crippen molar-refractivity contribution in [3.8, 4) is 5.75 Å². The molecule has 0 bridgehead atoms. The molecule has 5 heteroatoms. The lowest BCUT2D eigenvalue weighted by Crippen LogP contribution is -2.22. The normalized spacial score (nSPS) is 11.4. The topological polar surface area (TPSA) is 81.8 Å². The molecule has 0 unspecified atom stereocenters. The zero-order valence-electron chi connectivity index (χ0n) is 11.8. The summed E-state index contributed by atoms with van der Waals surface area (Å²) in [7, 11) is 0. The van der Waals surface area contributed by atoms with E-state index in [-0.39, 0.29) is 16.9 Å². The van der Waals surface area contributed by atoms with Crippen LogP contribution in [-0.4, -0.2) is 29.9 Å². The third kappa shape index (κ3) is 4.79. The van der Waals surface area contributed by atoms with Crippen molar-refractivity contribution in [2.24, 2.45) is 0 Å². The molecule has 0 radical (unpaired) electrons. The summed E-state index contributed by atoms with van der Waals surface area (Å²) >= 11 is 0. The molecule has 0 atom stereocenters. The molecule has 0 fully saturated rings. The second kappa shape index (κ2) is 5.93. The summed E-state index contributed by atoms with van der Waals surface area (Å²) in [6.07, 6.45) is 0. The maximum atomic E-state index is 11.0. The Hall–Kier alpha value is -1.75. The molecule has 1 rings (SSSR count). The fourth-order valence-electron chi connectivity index (χ4n) is 1.53. The van der Waals surface area contributed by atoms with Crippen molar-refractivity contribution in [3.63, 3.8) is 0 Å². The SMILES string of the molecule is Cc1cc(OCCOC(C)(C)C)cc(C(=O)O)c1N. The lowest BCUT2D eigenvalue weighted by Gasteiger charge is -2.19. The van der Waals surface area contributed by atoms with E-state index in [4.69, 9.17) is 20.3 Å². The molecule has 0 saturated heterocycles. The van der Waals surface area contributed by atoms with Gasteiger partial charge in [0.05, 0.1) is 17.8 Å². The van der Waals surface area contributed by atoms with Crippen molar-refractivity contribution in [2.75, 3.05) is 18.9 Å². The zero-order valence-corrected chi connectivity index (χ0v) is 11.8. The number of nitrogens with two attached hydrogens (primary N) is 1. The molecule has 0 aliphatic rings. The average molecular weight is 267 g/mol. The highest BCUT2D eigenvalue weighted by Crippen LogP contribution is 2.24. The van der Waals surface area contributed by atoms with Gasteiger partial charge >= 0.3 is 5.97 Å². The Morgan fingerprint density at radius 1 is 1.32 bits per heavy atom. The summed E-state index contributed by atoms with van der Waals surface area (Å²) in [4.78, 5) is 11.0. The van der Waals surface area contributed by atoms with Gasteiger partial charge in [0.1, 0.15) is 12.4 Å². The molecule has 0 heterocycles. The van der Waals surface area contributed by atoms with E-state index in [0.29, 0.717) is 24.5 Å². The third-order valence-electron chi connectivity index (χ3n) is 2.48. The minimum Gasteiger partial charge on any atom is -0.491 e. The van der Waals surface area contributed by atoms with Gasteiger partial charge in [0.15, 0.2) is 0 Å². The van der Waals surface area contributed by atoms with Crippen molar-refractivity contribution in [3.05, 3.63) is 23.3 Å². The number of nitrogen functional groups attached to an aromatic ring is 1. The van der Waals surface area contributed by atoms with Crippen LogP contribution in [0.4, 0.5) is 5.69 Å². The van der Waals surface area contributed by atoms with Gasteiger partial charge < -0.3 is 20.3 Å². The van der Waals surface area contributed by atoms with Gasteiger partial charge in [0.25, 0.3) is 0 Å². The van der Waals surface area contributed by atoms with Gasteiger partial charge in [-0.15, -0.1) is 0 Å². The second-order valence-electron chi connectivity index (χ2n) is 5.32. The number of rotatable bonds is 5. The van der Waals surface area contributed by atoms with Gasteiger partial charge in [0.2, 0.25) is 0 Å². The molecule has 106 valence electrons. The number of aryl methyl sites for hydroxylation is 1. The first kappa shape index (κ1) is 15.3. The summed E-state index contributed by atoms with van der Waals surface area (Å²) in [5, 5.41) is 9.03. The zero-order chi connectivity index (χ0) is 14.6. The highest BCUT2D eigenvalue weighted by atomic mass is 16.5. The smallest absolute Gasteiger partial charge is 0.337 e. The number of ether oxygens (including phenoxy) is 2. The van der Waals surface area contributed by atoms with Gasteiger partial charge in [-0.2, -0.15) is 0 Å². The summed E-state index contributed by atoms with van der Waals surface area (Å²) < 4.78 is 11.0. The molecular formula is C14H21NO4. The molecule has 0 aliphatic heterocycles. The molecular weight excluding hydrogens is 246 g/mol. The van der Waals surface area contributed by atoms with Crippen LogP contribution in [-0.2, 0) is 4.74 Å². The minimum absolute atomic E-state index is 0.0618. The number of carboxylic acid groups (broad SMARTS) is 1. The van der Waals surface area contributed by atoms with Crippen LogP contribution in [0.5, 0.6) is 5.75 Å². The molecule has 3 N–H and O–H groups in total. The third-order valence-corrected chi connectivity index (χ3v) is 2.48. The number of carbonyl (C=O) groups is 1. The molecule has 19 heavy (non-hydrogen) atoms. The van der Waals surface area contributed by atoms with Crippen LogP contribution in [0.15, 0.2) is 12.1 Å². The van der Waals surface area contributed by atoms with Gasteiger partial charge in [0, 0.05) is 5.69 Å². The van der Waals surface area contributed by atoms with Crippen LogP contribution in [0.25, 0.3) is 0 Å². The number of hydrogen-bond acceptors (Lipinski definition) is 4. The second-order valence-corrected chi connectivity index (χ2v) is 5.32. The van der Waals surface area contributed by atoms with Crippen LogP contribution in [0, 0.1) is 6.92 Å². The largest absolute Gasteiger partial charge is 0.491 e. The van der Waals surface area contributed by atoms with Crippen LogP contribution < -0.4 is 10.5 Å². The summed E-state index contributed by atoms with van der Waals surface area (Å²) in [5.74, 6) is -0.571. The molecule has 0 aromatic heterocycles. The number of aromatic carboxylic acids is 1. The Balaban J connectivity index is 2.67. The standard InChI is InChI=1S/C14H21NO4/c1-9-7-10(8-11(12(9)15)13(16)17)18-5-6-19-14(2,3)4/h7-8H,5-6,15H2,1-4H3,(H,16,17). The van der Waals surface area contributed by atoms with Gasteiger partial charge in [-0.1, -0.05) is 0 Å². The molecule has 0 amide bonds. The monoisotopic (exact) mass is 267 g/mol. The van der Waals surface area contributed by atoms with E-state index in [1.54, 1.807) is 13.0 Å². The number of hydrogen-bond donors (Lipinski definition) is 2. The Labute approximate surface area is 113 Å². The van der Waals surface area contributed by atoms with Crippen molar-refractivity contribution < 1.29 is 19.4 Å². The fraction of sp³-hybridized carbons (Fsp3) is 0.500. The molecule has 1 aromatic rings. The molecule has 5 nitrogen and oxygen atoms in total. The molecule has 1 aromatic carbocycles. The first-order chi connectivity index (χ1) is 8.70. The van der Waals surface area contributed by atoms with Crippen LogP contribution in [0.2, 0.25) is 0 Å². The first-order valence-electron chi connectivity index (χ1n) is 6.11. The summed E-state index contributed by atoms with van der Waals surface area (Å²) in [5.41, 5.74) is 6.51. The lowest BCUT2D eigenvalue weighted by atomic mass is 10.1. The van der Waals surface area contributed by atoms with Crippen molar-refractivity contribution in [2.45, 2.75) is 33.3 Å². The Morgan fingerprint density at radius 2 is 1.95 bits per heavy atom. The fourth-order valence-corrected chi connectivity index (χ4v) is 1.53. The van der Waals surface area contributed by atoms with Crippen molar-refractivity contribution in [1.29, 1.82) is 0 Å². The summed E-state index contributed by atoms with van der Waals surface area (Å²) in [6.45, 7) is 8.43. The maximum absolute atomic E-state index is 11.0. The van der Waals surface area contributed by atoms with E-state index in [0.717, 1.165) is 0 Å². The number of carboxylic acids is 1. The highest BCUT2D eigenvalue weighted by Gasteiger charge is 2.13. The van der Waals surface area contributed by atoms with Crippen LogP contribution in [0.3, 0.4) is 0 Å². The van der Waals surface area contributed by atoms with Crippen molar-refractivity contribution >= 4 is 11.7 Å². The van der Waals surface area contributed by atoms with E-state index < -0.39 is 5.97 Å². The Kier molecular flexibility index (Phi) is 4.78. The van der Waals surface area contributed by atoms with E-state index in [1.807, 2.05) is 20.8 Å². The van der Waals surface area contributed by atoms with E-state index in [9.17, 15) is 4.79 Å². The van der Waals surface area contributed by atoms with E-state index >= 15 is 0 Å². The molecule has 0 aliphatic carbocycles. The van der Waals surface area contributed by atoms with E-state index in [2.05, 4.69) is 0 Å². The highest BCUT2D eigenvalue weighted by molar-refractivity contribution is 5.95. The Morgan fingerprint density at radius 3 is 2.47 bits per heavy atom. The van der Waals surface area contributed by atoms with Crippen LogP contribution >= 0.6 is 0 Å². The quantitative estimate of drug-likeness (QED) is 0.632. The predicted molar refractivity (Wildman–Crippen MR) is 73.8 cm³/mol. The van der Waals surface area contributed by atoms with E-state index in [1.165, 1.54) is 6.07 Å². The Bertz CT molecular complexity index is 463. The minimum atomic E-state index is -1.06. The molecule has 0 spiro atoms.